The van der Waals surface area contributed by atoms with Crippen molar-refractivity contribution >= 4 is 23.9 Å². The topological polar surface area (TPSA) is 89.7 Å². The Morgan fingerprint density at radius 2 is 2.04 bits per heavy atom. The SMILES string of the molecule is Cc1ccccc1/C=C/C(=O)OCC(=O)N1CCCC[C@H]1C(N)=O. The van der Waals surface area contributed by atoms with E-state index in [1.54, 1.807) is 6.08 Å². The fraction of sp³-hybridized carbons (Fsp3) is 0.389. The number of hydrogen-bond donors (Lipinski definition) is 1. The number of likely N-dealkylation sites (tertiary alicyclic amines) is 1. The van der Waals surface area contributed by atoms with Gasteiger partial charge in [0.15, 0.2) is 6.61 Å². The van der Waals surface area contributed by atoms with E-state index in [9.17, 15) is 14.4 Å². The maximum atomic E-state index is 12.2. The van der Waals surface area contributed by atoms with Crippen LogP contribution in [0.2, 0.25) is 0 Å². The molecule has 1 aromatic rings. The second kappa shape index (κ2) is 8.29. The summed E-state index contributed by atoms with van der Waals surface area (Å²) in [7, 11) is 0. The number of hydrogen-bond acceptors (Lipinski definition) is 4. The molecule has 0 spiro atoms. The Hall–Kier alpha value is -2.63. The number of nitrogens with two attached hydrogens (primary N) is 1. The number of esters is 1. The third-order valence-electron chi connectivity index (χ3n) is 4.08. The summed E-state index contributed by atoms with van der Waals surface area (Å²) in [6, 6.07) is 7.01. The van der Waals surface area contributed by atoms with Crippen molar-refractivity contribution in [1.29, 1.82) is 0 Å². The molecule has 6 heteroatoms. The molecule has 2 N–H and O–H groups in total. The molecule has 0 unspecified atom stereocenters. The predicted octanol–water partition coefficient (Wildman–Crippen LogP) is 1.42. The van der Waals surface area contributed by atoms with Crippen LogP contribution in [0.5, 0.6) is 0 Å². The smallest absolute Gasteiger partial charge is 0.331 e. The second-order valence-corrected chi connectivity index (χ2v) is 5.80. The first-order chi connectivity index (χ1) is 11.5. The van der Waals surface area contributed by atoms with Gasteiger partial charge in [0.2, 0.25) is 5.91 Å². The lowest BCUT2D eigenvalue weighted by atomic mass is 10.0. The fourth-order valence-electron chi connectivity index (χ4n) is 2.72. The van der Waals surface area contributed by atoms with Gasteiger partial charge in [0, 0.05) is 12.6 Å². The molecular formula is C18H22N2O4. The van der Waals surface area contributed by atoms with Gasteiger partial charge in [-0.3, -0.25) is 9.59 Å². The van der Waals surface area contributed by atoms with E-state index < -0.39 is 23.8 Å². The quantitative estimate of drug-likeness (QED) is 0.653. The van der Waals surface area contributed by atoms with Crippen LogP contribution in [0, 0.1) is 6.92 Å². The molecule has 1 heterocycles. The molecular weight excluding hydrogens is 308 g/mol. The summed E-state index contributed by atoms with van der Waals surface area (Å²) >= 11 is 0. The zero-order valence-corrected chi connectivity index (χ0v) is 13.7. The average Bonchev–Trinajstić information content (AvgIpc) is 2.59. The Labute approximate surface area is 141 Å². The highest BCUT2D eigenvalue weighted by Gasteiger charge is 2.30. The first-order valence-electron chi connectivity index (χ1n) is 7.98. The minimum atomic E-state index is -0.604. The van der Waals surface area contributed by atoms with Crippen LogP contribution in [-0.2, 0) is 19.1 Å². The van der Waals surface area contributed by atoms with Crippen molar-refractivity contribution in [2.24, 2.45) is 5.73 Å². The number of nitrogens with zero attached hydrogens (tertiary/aromatic N) is 1. The van der Waals surface area contributed by atoms with E-state index in [1.807, 2.05) is 31.2 Å². The summed E-state index contributed by atoms with van der Waals surface area (Å²) in [5, 5.41) is 0. The summed E-state index contributed by atoms with van der Waals surface area (Å²) in [4.78, 5) is 36.7. The van der Waals surface area contributed by atoms with Crippen molar-refractivity contribution in [3.05, 3.63) is 41.5 Å². The van der Waals surface area contributed by atoms with Crippen molar-refractivity contribution in [3.63, 3.8) is 0 Å². The van der Waals surface area contributed by atoms with E-state index in [4.69, 9.17) is 10.5 Å². The number of rotatable bonds is 5. The van der Waals surface area contributed by atoms with Crippen LogP contribution in [0.1, 0.15) is 30.4 Å². The van der Waals surface area contributed by atoms with E-state index in [0.29, 0.717) is 13.0 Å². The first kappa shape index (κ1) is 17.7. The number of carbonyl (C=O) groups excluding carboxylic acids is 3. The molecule has 1 atom stereocenters. The van der Waals surface area contributed by atoms with Gasteiger partial charge < -0.3 is 15.4 Å². The molecule has 128 valence electrons. The summed E-state index contributed by atoms with van der Waals surface area (Å²) in [5.74, 6) is -1.51. The molecule has 6 nitrogen and oxygen atoms in total. The van der Waals surface area contributed by atoms with Crippen LogP contribution in [0.3, 0.4) is 0 Å². The van der Waals surface area contributed by atoms with Gasteiger partial charge >= 0.3 is 5.97 Å². The Balaban J connectivity index is 1.88. The number of aryl methyl sites for hydroxylation is 1. The number of ether oxygens (including phenoxy) is 1. The summed E-state index contributed by atoms with van der Waals surface area (Å²) in [5.41, 5.74) is 7.27. The molecule has 0 saturated carbocycles. The monoisotopic (exact) mass is 330 g/mol. The number of amides is 2. The summed E-state index contributed by atoms with van der Waals surface area (Å²) in [6.07, 6.45) is 5.17. The molecule has 0 aromatic heterocycles. The molecule has 0 bridgehead atoms. The van der Waals surface area contributed by atoms with Gasteiger partial charge in [-0.1, -0.05) is 24.3 Å². The second-order valence-electron chi connectivity index (χ2n) is 5.80. The van der Waals surface area contributed by atoms with Gasteiger partial charge in [0.1, 0.15) is 6.04 Å². The van der Waals surface area contributed by atoms with Gasteiger partial charge in [-0.05, 0) is 43.4 Å². The summed E-state index contributed by atoms with van der Waals surface area (Å²) < 4.78 is 4.98. The Morgan fingerprint density at radius 1 is 1.29 bits per heavy atom. The molecule has 1 aromatic carbocycles. The Kier molecular flexibility index (Phi) is 6.12. The number of benzene rings is 1. The molecule has 0 aliphatic carbocycles. The van der Waals surface area contributed by atoms with Crippen molar-refractivity contribution < 1.29 is 19.1 Å². The third kappa shape index (κ3) is 4.68. The number of piperidine rings is 1. The number of primary amides is 1. The fourth-order valence-corrected chi connectivity index (χ4v) is 2.72. The van der Waals surface area contributed by atoms with Crippen molar-refractivity contribution in [3.8, 4) is 0 Å². The molecule has 2 rings (SSSR count). The lowest BCUT2D eigenvalue weighted by Crippen LogP contribution is -2.51. The highest BCUT2D eigenvalue weighted by Crippen LogP contribution is 2.17. The zero-order valence-electron chi connectivity index (χ0n) is 13.7. The maximum absolute atomic E-state index is 12.2. The first-order valence-corrected chi connectivity index (χ1v) is 7.98. The van der Waals surface area contributed by atoms with Crippen LogP contribution in [0.25, 0.3) is 6.08 Å². The Morgan fingerprint density at radius 3 is 2.75 bits per heavy atom. The van der Waals surface area contributed by atoms with E-state index in [0.717, 1.165) is 24.0 Å². The molecule has 1 saturated heterocycles. The van der Waals surface area contributed by atoms with Crippen LogP contribution in [-0.4, -0.2) is 41.9 Å². The van der Waals surface area contributed by atoms with Crippen LogP contribution in [0.4, 0.5) is 0 Å². The predicted molar refractivity (Wildman–Crippen MR) is 89.7 cm³/mol. The van der Waals surface area contributed by atoms with E-state index >= 15 is 0 Å². The van der Waals surface area contributed by atoms with Crippen LogP contribution < -0.4 is 5.73 Å². The van der Waals surface area contributed by atoms with Gasteiger partial charge in [0.05, 0.1) is 0 Å². The minimum absolute atomic E-state index is 0.388. The minimum Gasteiger partial charge on any atom is -0.452 e. The maximum Gasteiger partial charge on any atom is 0.331 e. The van der Waals surface area contributed by atoms with E-state index in [2.05, 4.69) is 0 Å². The molecule has 24 heavy (non-hydrogen) atoms. The lowest BCUT2D eigenvalue weighted by Gasteiger charge is -2.33. The number of carbonyl (C=O) groups is 3. The van der Waals surface area contributed by atoms with Crippen molar-refractivity contribution in [1.82, 2.24) is 4.90 Å². The lowest BCUT2D eigenvalue weighted by molar-refractivity contribution is -0.151. The average molecular weight is 330 g/mol. The molecule has 2 amide bonds. The zero-order chi connectivity index (χ0) is 17.5. The molecule has 1 aliphatic heterocycles. The highest BCUT2D eigenvalue weighted by atomic mass is 16.5. The van der Waals surface area contributed by atoms with Crippen molar-refractivity contribution in [2.75, 3.05) is 13.2 Å². The van der Waals surface area contributed by atoms with Crippen LogP contribution >= 0.6 is 0 Å². The normalized spacial score (nSPS) is 17.7. The standard InChI is InChI=1S/C18H22N2O4/c1-13-6-2-3-7-14(13)9-10-17(22)24-12-16(21)20-11-5-4-8-15(20)18(19)23/h2-3,6-7,9-10,15H,4-5,8,11-12H2,1H3,(H2,19,23)/b10-9+/t15-/m0/s1. The summed E-state index contributed by atoms with van der Waals surface area (Å²) in [6.45, 7) is 2.01. The van der Waals surface area contributed by atoms with Gasteiger partial charge in [-0.15, -0.1) is 0 Å². The largest absolute Gasteiger partial charge is 0.452 e. The van der Waals surface area contributed by atoms with E-state index in [-0.39, 0.29) is 6.61 Å². The molecule has 1 fully saturated rings. The molecule has 0 radical (unpaired) electrons. The van der Waals surface area contributed by atoms with Crippen molar-refractivity contribution in [2.45, 2.75) is 32.2 Å². The highest BCUT2D eigenvalue weighted by molar-refractivity contribution is 5.91. The molecule has 1 aliphatic rings. The van der Waals surface area contributed by atoms with Gasteiger partial charge in [-0.2, -0.15) is 0 Å². The Bertz CT molecular complexity index is 654. The van der Waals surface area contributed by atoms with Gasteiger partial charge in [0.25, 0.3) is 5.91 Å². The van der Waals surface area contributed by atoms with Crippen LogP contribution in [0.15, 0.2) is 30.3 Å². The van der Waals surface area contributed by atoms with Gasteiger partial charge in [-0.25, -0.2) is 4.79 Å². The third-order valence-corrected chi connectivity index (χ3v) is 4.08. The van der Waals surface area contributed by atoms with E-state index in [1.165, 1.54) is 11.0 Å².